The molecule has 1 unspecified atom stereocenters. The van der Waals surface area contributed by atoms with E-state index in [2.05, 4.69) is 27.9 Å². The Hall–Kier alpha value is -2.36. The van der Waals surface area contributed by atoms with Crippen molar-refractivity contribution in [1.29, 1.82) is 0 Å². The first-order valence-corrected chi connectivity index (χ1v) is 8.04. The van der Waals surface area contributed by atoms with Gasteiger partial charge in [0.1, 0.15) is 11.5 Å². The number of ether oxygens (including phenoxy) is 2. The zero-order chi connectivity index (χ0) is 17.7. The summed E-state index contributed by atoms with van der Waals surface area (Å²) in [4.78, 5) is 22.6. The molecule has 0 aromatic heterocycles. The summed E-state index contributed by atoms with van der Waals surface area (Å²) in [6.45, 7) is 1.59. The van der Waals surface area contributed by atoms with E-state index in [4.69, 9.17) is 9.47 Å². The molecule has 0 saturated carbocycles. The lowest BCUT2D eigenvalue weighted by Crippen LogP contribution is -2.30. The minimum absolute atomic E-state index is 0.141. The highest BCUT2D eigenvalue weighted by atomic mass is 127. The number of nitrogens with zero attached hydrogens (tertiary/aromatic N) is 1. The SMILES string of the molecule is COc1ccc([N+](=O)[O-])cc1NC(=O)C(C)Oc1ccc(I)cc1. The Kier molecular flexibility index (Phi) is 5.96. The van der Waals surface area contributed by atoms with Gasteiger partial charge in [0.2, 0.25) is 0 Å². The first kappa shape index (κ1) is 18.0. The van der Waals surface area contributed by atoms with Gasteiger partial charge < -0.3 is 14.8 Å². The van der Waals surface area contributed by atoms with Crippen LogP contribution in [-0.2, 0) is 4.79 Å². The quantitative estimate of drug-likeness (QED) is 0.420. The Morgan fingerprint density at radius 2 is 1.92 bits per heavy atom. The zero-order valence-electron chi connectivity index (χ0n) is 13.0. The van der Waals surface area contributed by atoms with Gasteiger partial charge in [-0.2, -0.15) is 0 Å². The van der Waals surface area contributed by atoms with Crippen LogP contribution in [0.15, 0.2) is 42.5 Å². The van der Waals surface area contributed by atoms with Crippen LogP contribution >= 0.6 is 22.6 Å². The second-order valence-corrected chi connectivity index (χ2v) is 6.09. The fourth-order valence-electron chi connectivity index (χ4n) is 1.91. The molecule has 1 amide bonds. The van der Waals surface area contributed by atoms with Crippen LogP contribution in [0.1, 0.15) is 6.92 Å². The van der Waals surface area contributed by atoms with Crippen LogP contribution in [0.5, 0.6) is 11.5 Å². The van der Waals surface area contributed by atoms with E-state index in [1.165, 1.54) is 25.3 Å². The van der Waals surface area contributed by atoms with Crippen molar-refractivity contribution in [3.8, 4) is 11.5 Å². The molecule has 0 aliphatic rings. The van der Waals surface area contributed by atoms with E-state index in [9.17, 15) is 14.9 Å². The molecular formula is C16H15IN2O5. The van der Waals surface area contributed by atoms with Crippen LogP contribution in [0.2, 0.25) is 0 Å². The summed E-state index contributed by atoms with van der Waals surface area (Å²) in [6.07, 6.45) is -0.783. The monoisotopic (exact) mass is 442 g/mol. The number of rotatable bonds is 6. The fraction of sp³-hybridized carbons (Fsp3) is 0.188. The zero-order valence-corrected chi connectivity index (χ0v) is 15.1. The molecule has 7 nitrogen and oxygen atoms in total. The summed E-state index contributed by atoms with van der Waals surface area (Å²) in [5.41, 5.74) is 0.0760. The molecule has 0 heterocycles. The number of nitrogens with one attached hydrogen (secondary N) is 1. The van der Waals surface area contributed by atoms with Crippen molar-refractivity contribution in [2.24, 2.45) is 0 Å². The molecule has 2 rings (SSSR count). The van der Waals surface area contributed by atoms with Gasteiger partial charge in [0.15, 0.2) is 6.10 Å². The maximum Gasteiger partial charge on any atom is 0.271 e. The number of nitro benzene ring substituents is 1. The molecule has 2 aromatic rings. The van der Waals surface area contributed by atoms with Crippen molar-refractivity contribution < 1.29 is 19.2 Å². The molecule has 2 aromatic carbocycles. The predicted molar refractivity (Wildman–Crippen MR) is 97.5 cm³/mol. The first-order chi connectivity index (χ1) is 11.4. The normalized spacial score (nSPS) is 11.5. The summed E-state index contributed by atoms with van der Waals surface area (Å²) in [7, 11) is 1.42. The Morgan fingerprint density at radius 3 is 2.50 bits per heavy atom. The number of non-ortho nitro benzene ring substituents is 1. The van der Waals surface area contributed by atoms with Crippen molar-refractivity contribution in [2.45, 2.75) is 13.0 Å². The minimum atomic E-state index is -0.783. The molecule has 8 heteroatoms. The van der Waals surface area contributed by atoms with E-state index < -0.39 is 16.9 Å². The molecule has 0 bridgehead atoms. The highest BCUT2D eigenvalue weighted by molar-refractivity contribution is 14.1. The smallest absolute Gasteiger partial charge is 0.271 e. The van der Waals surface area contributed by atoms with Crippen molar-refractivity contribution in [3.05, 3.63) is 56.1 Å². The third-order valence-corrected chi connectivity index (χ3v) is 3.87. The van der Waals surface area contributed by atoms with E-state index in [0.29, 0.717) is 11.5 Å². The number of benzene rings is 2. The largest absolute Gasteiger partial charge is 0.495 e. The summed E-state index contributed by atoms with van der Waals surface area (Å²) in [6, 6.07) is 11.2. The van der Waals surface area contributed by atoms with E-state index in [0.717, 1.165) is 3.57 Å². The van der Waals surface area contributed by atoms with Gasteiger partial charge in [0, 0.05) is 15.7 Å². The molecule has 1 atom stereocenters. The average molecular weight is 442 g/mol. The number of hydrogen-bond acceptors (Lipinski definition) is 5. The Morgan fingerprint density at radius 1 is 1.25 bits per heavy atom. The van der Waals surface area contributed by atoms with Crippen LogP contribution in [0, 0.1) is 13.7 Å². The second kappa shape index (κ2) is 7.95. The Balaban J connectivity index is 2.11. The molecule has 24 heavy (non-hydrogen) atoms. The Bertz CT molecular complexity index is 749. The molecule has 0 radical (unpaired) electrons. The fourth-order valence-corrected chi connectivity index (χ4v) is 2.27. The molecule has 0 fully saturated rings. The average Bonchev–Trinajstić information content (AvgIpc) is 2.56. The van der Waals surface area contributed by atoms with Crippen LogP contribution < -0.4 is 14.8 Å². The predicted octanol–water partition coefficient (Wildman–Crippen LogP) is 3.61. The maximum absolute atomic E-state index is 12.3. The van der Waals surface area contributed by atoms with E-state index >= 15 is 0 Å². The summed E-state index contributed by atoms with van der Waals surface area (Å²) >= 11 is 2.17. The number of methoxy groups -OCH3 is 1. The molecule has 0 aliphatic heterocycles. The van der Waals surface area contributed by atoms with Gasteiger partial charge in [0.25, 0.3) is 11.6 Å². The molecule has 1 N–H and O–H groups in total. The molecule has 0 spiro atoms. The number of amides is 1. The van der Waals surface area contributed by atoms with Crippen LogP contribution in [-0.4, -0.2) is 24.0 Å². The number of carbonyl (C=O) groups is 1. The van der Waals surface area contributed by atoms with Crippen molar-refractivity contribution in [3.63, 3.8) is 0 Å². The molecule has 0 saturated heterocycles. The summed E-state index contributed by atoms with van der Waals surface area (Å²) in [5, 5.41) is 13.5. The second-order valence-electron chi connectivity index (χ2n) is 4.84. The number of hydrogen-bond donors (Lipinski definition) is 1. The first-order valence-electron chi connectivity index (χ1n) is 6.96. The van der Waals surface area contributed by atoms with Gasteiger partial charge in [-0.15, -0.1) is 0 Å². The number of nitro groups is 1. The highest BCUT2D eigenvalue weighted by Crippen LogP contribution is 2.29. The lowest BCUT2D eigenvalue weighted by Gasteiger charge is -2.16. The van der Waals surface area contributed by atoms with Crippen LogP contribution in [0.25, 0.3) is 0 Å². The van der Waals surface area contributed by atoms with E-state index in [-0.39, 0.29) is 11.4 Å². The van der Waals surface area contributed by atoms with Crippen molar-refractivity contribution in [1.82, 2.24) is 0 Å². The minimum Gasteiger partial charge on any atom is -0.495 e. The lowest BCUT2D eigenvalue weighted by molar-refractivity contribution is -0.384. The molecule has 0 aliphatic carbocycles. The van der Waals surface area contributed by atoms with E-state index in [1.807, 2.05) is 12.1 Å². The highest BCUT2D eigenvalue weighted by Gasteiger charge is 2.19. The number of anilines is 1. The van der Waals surface area contributed by atoms with Gasteiger partial charge in [-0.1, -0.05) is 0 Å². The van der Waals surface area contributed by atoms with Crippen molar-refractivity contribution >= 4 is 39.9 Å². The molecular weight excluding hydrogens is 427 g/mol. The van der Waals surface area contributed by atoms with Crippen LogP contribution in [0.3, 0.4) is 0 Å². The lowest BCUT2D eigenvalue weighted by atomic mass is 10.2. The van der Waals surface area contributed by atoms with Crippen LogP contribution in [0.4, 0.5) is 11.4 Å². The number of carbonyl (C=O) groups excluding carboxylic acids is 1. The van der Waals surface area contributed by atoms with Gasteiger partial charge in [-0.05, 0) is 59.8 Å². The topological polar surface area (TPSA) is 90.7 Å². The summed E-state index contributed by atoms with van der Waals surface area (Å²) < 4.78 is 11.7. The maximum atomic E-state index is 12.3. The van der Waals surface area contributed by atoms with Gasteiger partial charge in [0.05, 0.1) is 17.7 Å². The van der Waals surface area contributed by atoms with Gasteiger partial charge in [-0.25, -0.2) is 0 Å². The van der Waals surface area contributed by atoms with E-state index in [1.54, 1.807) is 19.1 Å². The Labute approximate surface area is 152 Å². The third-order valence-electron chi connectivity index (χ3n) is 3.15. The third kappa shape index (κ3) is 4.57. The number of halogens is 1. The standard InChI is InChI=1S/C16H15IN2O5/c1-10(24-13-6-3-11(17)4-7-13)16(20)18-14-9-12(19(21)22)5-8-15(14)23-2/h3-10H,1-2H3,(H,18,20). The van der Waals surface area contributed by atoms with Crippen molar-refractivity contribution in [2.75, 3.05) is 12.4 Å². The van der Waals surface area contributed by atoms with Gasteiger partial charge >= 0.3 is 0 Å². The molecule has 126 valence electrons. The van der Waals surface area contributed by atoms with Gasteiger partial charge in [-0.3, -0.25) is 14.9 Å². The summed E-state index contributed by atoms with van der Waals surface area (Å²) in [5.74, 6) is 0.451.